The summed E-state index contributed by atoms with van der Waals surface area (Å²) >= 11 is 0.618. The Morgan fingerprint density at radius 1 is 1.04 bits per heavy atom. The predicted octanol–water partition coefficient (Wildman–Crippen LogP) is 5.29. The van der Waals surface area contributed by atoms with Gasteiger partial charge in [0, 0.05) is 13.1 Å². The van der Waals surface area contributed by atoms with Gasteiger partial charge in [-0.1, -0.05) is 29.8 Å². The zero-order valence-electron chi connectivity index (χ0n) is 15.6. The molecule has 0 atom stereocenters. The van der Waals surface area contributed by atoms with Crippen molar-refractivity contribution in [2.24, 2.45) is 5.92 Å². The maximum absolute atomic E-state index is 12.5. The molecule has 7 heteroatoms. The topological polar surface area (TPSA) is 37.4 Å². The number of Topliss-reactive ketones (excluding diaryl/α,β-unsaturated/α-hetero) is 1. The van der Waals surface area contributed by atoms with Crippen molar-refractivity contribution in [1.29, 1.82) is 0 Å². The van der Waals surface area contributed by atoms with Crippen molar-refractivity contribution in [2.75, 3.05) is 13.1 Å². The lowest BCUT2D eigenvalue weighted by molar-refractivity contribution is -0.0882. The summed E-state index contributed by atoms with van der Waals surface area (Å²) < 4.78 is 37.6. The fourth-order valence-corrected chi connectivity index (χ4v) is 4.35. The van der Waals surface area contributed by atoms with E-state index in [4.69, 9.17) is 0 Å². The van der Waals surface area contributed by atoms with Gasteiger partial charge in [-0.3, -0.25) is 9.59 Å². The van der Waals surface area contributed by atoms with Crippen molar-refractivity contribution in [1.82, 2.24) is 4.90 Å². The average Bonchev–Trinajstić information content (AvgIpc) is 3.16. The van der Waals surface area contributed by atoms with Gasteiger partial charge in [-0.05, 0) is 56.2 Å². The van der Waals surface area contributed by atoms with Crippen LogP contribution in [0.25, 0.3) is 0 Å². The van der Waals surface area contributed by atoms with E-state index in [1.165, 1.54) is 17.2 Å². The van der Waals surface area contributed by atoms with E-state index in [1.54, 1.807) is 4.90 Å². The highest BCUT2D eigenvalue weighted by Crippen LogP contribution is 2.29. The van der Waals surface area contributed by atoms with Crippen LogP contribution in [0.3, 0.4) is 0 Å². The van der Waals surface area contributed by atoms with E-state index < -0.39 is 16.8 Å². The third-order valence-electron chi connectivity index (χ3n) is 5.16. The Kier molecular flexibility index (Phi) is 6.23. The summed E-state index contributed by atoms with van der Waals surface area (Å²) in [5, 5.41) is 0. The maximum Gasteiger partial charge on any atom is 0.455 e. The van der Waals surface area contributed by atoms with E-state index >= 15 is 0 Å². The van der Waals surface area contributed by atoms with Gasteiger partial charge in [0.1, 0.15) is 0 Å². The molecule has 1 aliphatic heterocycles. The van der Waals surface area contributed by atoms with Gasteiger partial charge >= 0.3 is 6.18 Å². The number of alkyl halides is 3. The number of carbonyl (C=O) groups excluding carboxylic acids is 2. The van der Waals surface area contributed by atoms with Crippen LogP contribution in [0.2, 0.25) is 0 Å². The number of rotatable bonds is 5. The van der Waals surface area contributed by atoms with E-state index in [0.717, 1.165) is 31.7 Å². The van der Waals surface area contributed by atoms with Crippen LogP contribution in [0.4, 0.5) is 13.2 Å². The molecular formula is C21H22F3NO2S. The first-order valence-electron chi connectivity index (χ1n) is 9.30. The SMILES string of the molecule is Cc1ccc(CCC2CCN(C(=O)c3ccc(C(=O)C(F)(F)F)s3)CC2)cc1. The summed E-state index contributed by atoms with van der Waals surface area (Å²) in [6, 6.07) is 10.9. The number of aryl methyl sites for hydroxylation is 2. The average molecular weight is 409 g/mol. The second-order valence-corrected chi connectivity index (χ2v) is 8.33. The normalized spacial score (nSPS) is 15.6. The molecule has 3 nitrogen and oxygen atoms in total. The molecule has 0 saturated carbocycles. The van der Waals surface area contributed by atoms with E-state index in [0.29, 0.717) is 30.3 Å². The standard InChI is InChI=1S/C21H22F3NO2S/c1-14-2-4-15(5-3-14)6-7-16-10-12-25(13-11-16)20(27)18-9-8-17(28-18)19(26)21(22,23)24/h2-5,8-9,16H,6-7,10-13H2,1H3. The molecule has 1 saturated heterocycles. The van der Waals surface area contributed by atoms with Gasteiger partial charge < -0.3 is 4.90 Å². The minimum Gasteiger partial charge on any atom is -0.338 e. The van der Waals surface area contributed by atoms with E-state index in [-0.39, 0.29) is 10.8 Å². The fourth-order valence-electron chi connectivity index (χ4n) is 3.42. The molecule has 0 spiro atoms. The fraction of sp³-hybridized carbons (Fsp3) is 0.429. The Morgan fingerprint density at radius 2 is 1.64 bits per heavy atom. The van der Waals surface area contributed by atoms with E-state index in [1.807, 2.05) is 0 Å². The van der Waals surface area contributed by atoms with Crippen molar-refractivity contribution < 1.29 is 22.8 Å². The number of likely N-dealkylation sites (tertiary alicyclic amines) is 1. The second kappa shape index (κ2) is 8.47. The van der Waals surface area contributed by atoms with Gasteiger partial charge in [0.15, 0.2) is 0 Å². The number of thiophene rings is 1. The van der Waals surface area contributed by atoms with Crippen LogP contribution in [-0.4, -0.2) is 35.9 Å². The molecule has 0 N–H and O–H groups in total. The predicted molar refractivity (Wildman–Crippen MR) is 103 cm³/mol. The molecule has 0 aliphatic carbocycles. The number of halogens is 3. The van der Waals surface area contributed by atoms with Gasteiger partial charge in [-0.15, -0.1) is 11.3 Å². The summed E-state index contributed by atoms with van der Waals surface area (Å²) in [4.78, 5) is 25.3. The Morgan fingerprint density at radius 3 is 2.25 bits per heavy atom. The molecule has 0 unspecified atom stereocenters. The molecule has 0 radical (unpaired) electrons. The third-order valence-corrected chi connectivity index (χ3v) is 6.23. The van der Waals surface area contributed by atoms with Crippen LogP contribution in [0.1, 0.15) is 49.7 Å². The van der Waals surface area contributed by atoms with Crippen LogP contribution in [0, 0.1) is 12.8 Å². The molecule has 1 aromatic heterocycles. The summed E-state index contributed by atoms with van der Waals surface area (Å²) in [6.45, 7) is 3.25. The number of benzene rings is 1. The molecule has 1 aliphatic rings. The molecule has 150 valence electrons. The van der Waals surface area contributed by atoms with E-state index in [9.17, 15) is 22.8 Å². The minimum absolute atomic E-state index is 0.186. The van der Waals surface area contributed by atoms with Gasteiger partial charge in [0.25, 0.3) is 11.7 Å². The number of ketones is 1. The minimum atomic E-state index is -4.92. The first kappa shape index (κ1) is 20.6. The zero-order chi connectivity index (χ0) is 20.3. The Labute approximate surface area is 166 Å². The smallest absolute Gasteiger partial charge is 0.338 e. The molecule has 2 aromatic rings. The third kappa shape index (κ3) is 5.01. The van der Waals surface area contributed by atoms with Gasteiger partial charge in [0.2, 0.25) is 0 Å². The van der Waals surface area contributed by atoms with Crippen molar-refractivity contribution in [3.05, 3.63) is 57.3 Å². The highest BCUT2D eigenvalue weighted by molar-refractivity contribution is 7.16. The quantitative estimate of drug-likeness (QED) is 0.630. The molecule has 0 bridgehead atoms. The van der Waals surface area contributed by atoms with Crippen molar-refractivity contribution in [3.63, 3.8) is 0 Å². The number of amides is 1. The van der Waals surface area contributed by atoms with Crippen molar-refractivity contribution >= 4 is 23.0 Å². The highest BCUT2D eigenvalue weighted by Gasteiger charge is 2.40. The Bertz CT molecular complexity index is 834. The second-order valence-electron chi connectivity index (χ2n) is 7.25. The van der Waals surface area contributed by atoms with Crippen LogP contribution < -0.4 is 0 Å². The first-order chi connectivity index (χ1) is 13.2. The van der Waals surface area contributed by atoms with E-state index in [2.05, 4.69) is 31.2 Å². The number of hydrogen-bond acceptors (Lipinski definition) is 3. The Hall–Kier alpha value is -2.15. The molecule has 2 heterocycles. The van der Waals surface area contributed by atoms with Gasteiger partial charge in [0.05, 0.1) is 9.75 Å². The summed E-state index contributed by atoms with van der Waals surface area (Å²) in [6.07, 6.45) is -1.07. The molecule has 1 amide bonds. The number of hydrogen-bond donors (Lipinski definition) is 0. The Balaban J connectivity index is 1.50. The van der Waals surface area contributed by atoms with Crippen LogP contribution in [-0.2, 0) is 6.42 Å². The summed E-state index contributed by atoms with van der Waals surface area (Å²) in [5.41, 5.74) is 2.55. The molecular weight excluding hydrogens is 387 g/mol. The monoisotopic (exact) mass is 409 g/mol. The summed E-state index contributed by atoms with van der Waals surface area (Å²) in [7, 11) is 0. The van der Waals surface area contributed by atoms with Crippen LogP contribution >= 0.6 is 11.3 Å². The summed E-state index contributed by atoms with van der Waals surface area (Å²) in [5.74, 6) is -1.65. The van der Waals surface area contributed by atoms with Gasteiger partial charge in [-0.2, -0.15) is 13.2 Å². The number of piperidine rings is 1. The van der Waals surface area contributed by atoms with Crippen LogP contribution in [0.5, 0.6) is 0 Å². The van der Waals surface area contributed by atoms with Gasteiger partial charge in [-0.25, -0.2) is 0 Å². The van der Waals surface area contributed by atoms with Crippen molar-refractivity contribution in [3.8, 4) is 0 Å². The molecule has 3 rings (SSSR count). The zero-order valence-corrected chi connectivity index (χ0v) is 16.4. The molecule has 28 heavy (non-hydrogen) atoms. The lowest BCUT2D eigenvalue weighted by Gasteiger charge is -2.31. The number of carbonyl (C=O) groups is 2. The lowest BCUT2D eigenvalue weighted by atomic mass is 9.90. The molecule has 1 aromatic carbocycles. The molecule has 1 fully saturated rings. The highest BCUT2D eigenvalue weighted by atomic mass is 32.1. The lowest BCUT2D eigenvalue weighted by Crippen LogP contribution is -2.38. The number of nitrogens with zero attached hydrogens (tertiary/aromatic N) is 1. The largest absolute Gasteiger partial charge is 0.455 e. The maximum atomic E-state index is 12.5. The first-order valence-corrected chi connectivity index (χ1v) is 10.1. The van der Waals surface area contributed by atoms with Crippen LogP contribution in [0.15, 0.2) is 36.4 Å². The van der Waals surface area contributed by atoms with Crippen molar-refractivity contribution in [2.45, 2.75) is 38.8 Å².